The molecular weight excluding hydrogens is 168 g/mol. The number of aromatic nitrogens is 2. The molecule has 2 heterocycles. The van der Waals surface area contributed by atoms with E-state index < -0.39 is 0 Å². The average molecular weight is 175 g/mol. The van der Waals surface area contributed by atoms with E-state index in [0.29, 0.717) is 0 Å². The molecule has 2 rings (SSSR count). The van der Waals surface area contributed by atoms with Gasteiger partial charge >= 0.3 is 0 Å². The SMILES string of the molecule is C=C[CH]c1ccnc2ncsc12. The first-order valence-electron chi connectivity index (χ1n) is 3.56. The zero-order valence-corrected chi connectivity index (χ0v) is 7.21. The van der Waals surface area contributed by atoms with E-state index in [4.69, 9.17) is 0 Å². The Morgan fingerprint density at radius 3 is 3.17 bits per heavy atom. The summed E-state index contributed by atoms with van der Waals surface area (Å²) >= 11 is 1.60. The third kappa shape index (κ3) is 1.12. The fraction of sp³-hybridized carbons (Fsp3) is 0. The quantitative estimate of drug-likeness (QED) is 0.700. The van der Waals surface area contributed by atoms with Gasteiger partial charge in [0.1, 0.15) is 0 Å². The van der Waals surface area contributed by atoms with Crippen LogP contribution in [0.2, 0.25) is 0 Å². The number of thiazole rings is 1. The Bertz CT molecular complexity index is 406. The summed E-state index contributed by atoms with van der Waals surface area (Å²) in [7, 11) is 0. The molecule has 0 saturated carbocycles. The van der Waals surface area contributed by atoms with Gasteiger partial charge in [-0.2, -0.15) is 0 Å². The molecule has 0 aliphatic heterocycles. The first-order valence-corrected chi connectivity index (χ1v) is 4.44. The molecule has 0 atom stereocenters. The van der Waals surface area contributed by atoms with Crippen molar-refractivity contribution in [2.75, 3.05) is 0 Å². The van der Waals surface area contributed by atoms with E-state index >= 15 is 0 Å². The van der Waals surface area contributed by atoms with Crippen LogP contribution in [0.5, 0.6) is 0 Å². The molecule has 0 amide bonds. The lowest BCUT2D eigenvalue weighted by molar-refractivity contribution is 1.32. The Hall–Kier alpha value is -1.22. The topological polar surface area (TPSA) is 25.8 Å². The zero-order valence-electron chi connectivity index (χ0n) is 6.40. The van der Waals surface area contributed by atoms with Gasteiger partial charge in [-0.15, -0.1) is 17.9 Å². The lowest BCUT2D eigenvalue weighted by Gasteiger charge is -1.94. The van der Waals surface area contributed by atoms with Crippen LogP contribution in [0.3, 0.4) is 0 Å². The number of pyridine rings is 1. The normalized spacial score (nSPS) is 10.3. The van der Waals surface area contributed by atoms with Crippen LogP contribution in [0.15, 0.2) is 30.4 Å². The highest BCUT2D eigenvalue weighted by molar-refractivity contribution is 7.16. The minimum absolute atomic E-state index is 0.815. The van der Waals surface area contributed by atoms with Crippen molar-refractivity contribution in [2.45, 2.75) is 0 Å². The van der Waals surface area contributed by atoms with E-state index in [-0.39, 0.29) is 0 Å². The second-order valence-electron chi connectivity index (χ2n) is 2.31. The minimum atomic E-state index is 0.815. The van der Waals surface area contributed by atoms with Crippen LogP contribution in [0.4, 0.5) is 0 Å². The van der Waals surface area contributed by atoms with Crippen LogP contribution in [0.1, 0.15) is 5.56 Å². The summed E-state index contributed by atoms with van der Waals surface area (Å²) < 4.78 is 1.12. The Morgan fingerprint density at radius 1 is 1.42 bits per heavy atom. The first kappa shape index (κ1) is 7.43. The third-order valence-corrected chi connectivity index (χ3v) is 2.42. The van der Waals surface area contributed by atoms with Gasteiger partial charge in [0, 0.05) is 12.6 Å². The summed E-state index contributed by atoms with van der Waals surface area (Å²) in [5.41, 5.74) is 3.76. The molecule has 0 unspecified atom stereocenters. The van der Waals surface area contributed by atoms with Gasteiger partial charge in [-0.25, -0.2) is 9.97 Å². The van der Waals surface area contributed by atoms with Crippen LogP contribution in [0, 0.1) is 6.42 Å². The molecule has 0 saturated heterocycles. The van der Waals surface area contributed by atoms with Crippen molar-refractivity contribution >= 4 is 21.7 Å². The number of rotatable bonds is 2. The van der Waals surface area contributed by atoms with E-state index in [0.717, 1.165) is 15.9 Å². The summed E-state index contributed by atoms with van der Waals surface area (Å²) in [6.07, 6.45) is 5.49. The highest BCUT2D eigenvalue weighted by Gasteiger charge is 2.01. The fourth-order valence-electron chi connectivity index (χ4n) is 1.05. The number of fused-ring (bicyclic) bond motifs is 1. The lowest BCUT2D eigenvalue weighted by Crippen LogP contribution is -1.81. The smallest absolute Gasteiger partial charge is 0.170 e. The highest BCUT2D eigenvalue weighted by Crippen LogP contribution is 2.21. The maximum atomic E-state index is 4.13. The second-order valence-corrected chi connectivity index (χ2v) is 3.16. The molecule has 1 radical (unpaired) electrons. The molecule has 2 aromatic rings. The molecular formula is C9H7N2S. The number of nitrogens with zero attached hydrogens (tertiary/aromatic N) is 2. The van der Waals surface area contributed by atoms with Crippen LogP contribution in [0.25, 0.3) is 10.3 Å². The minimum Gasteiger partial charge on any atom is -0.236 e. The molecule has 0 spiro atoms. The van der Waals surface area contributed by atoms with Gasteiger partial charge in [0.15, 0.2) is 5.65 Å². The molecule has 0 aliphatic rings. The summed E-state index contributed by atoms with van der Waals surface area (Å²) in [5, 5.41) is 0. The summed E-state index contributed by atoms with van der Waals surface area (Å²) in [6, 6.07) is 1.96. The van der Waals surface area contributed by atoms with E-state index in [1.807, 2.05) is 12.5 Å². The van der Waals surface area contributed by atoms with Crippen LogP contribution in [-0.4, -0.2) is 9.97 Å². The Labute approximate surface area is 74.6 Å². The van der Waals surface area contributed by atoms with Crippen molar-refractivity contribution in [1.29, 1.82) is 0 Å². The number of allylic oxidation sites excluding steroid dienone is 1. The average Bonchev–Trinajstić information content (AvgIpc) is 2.53. The summed E-state index contributed by atoms with van der Waals surface area (Å²) in [6.45, 7) is 3.66. The molecule has 2 nitrogen and oxygen atoms in total. The molecule has 0 aromatic carbocycles. The fourth-order valence-corrected chi connectivity index (χ4v) is 1.79. The summed E-state index contributed by atoms with van der Waals surface area (Å²) in [5.74, 6) is 0. The van der Waals surface area contributed by atoms with Crippen molar-refractivity contribution in [3.8, 4) is 0 Å². The largest absolute Gasteiger partial charge is 0.236 e. The van der Waals surface area contributed by atoms with E-state index in [1.165, 1.54) is 0 Å². The Morgan fingerprint density at radius 2 is 2.33 bits per heavy atom. The molecule has 0 bridgehead atoms. The predicted octanol–water partition coefficient (Wildman–Crippen LogP) is 2.43. The van der Waals surface area contributed by atoms with Crippen LogP contribution >= 0.6 is 11.3 Å². The van der Waals surface area contributed by atoms with Gasteiger partial charge in [0.2, 0.25) is 0 Å². The Balaban J connectivity index is 2.65. The molecule has 59 valence electrons. The highest BCUT2D eigenvalue weighted by atomic mass is 32.1. The molecule has 2 aromatic heterocycles. The van der Waals surface area contributed by atoms with Gasteiger partial charge in [-0.3, -0.25) is 0 Å². The van der Waals surface area contributed by atoms with Crippen LogP contribution < -0.4 is 0 Å². The molecule has 0 aliphatic carbocycles. The standard InChI is InChI=1S/C9H7N2S/c1-2-3-7-4-5-10-9-8(7)12-6-11-9/h2-6H,1H2. The summed E-state index contributed by atoms with van der Waals surface area (Å²) in [4.78, 5) is 8.24. The van der Waals surface area contributed by atoms with Gasteiger partial charge in [0.25, 0.3) is 0 Å². The van der Waals surface area contributed by atoms with E-state index in [1.54, 1.807) is 29.1 Å². The number of hydrogen-bond donors (Lipinski definition) is 0. The molecule has 12 heavy (non-hydrogen) atoms. The van der Waals surface area contributed by atoms with Gasteiger partial charge in [-0.1, -0.05) is 6.08 Å². The van der Waals surface area contributed by atoms with Crippen molar-refractivity contribution in [3.05, 3.63) is 42.4 Å². The third-order valence-electron chi connectivity index (χ3n) is 1.56. The van der Waals surface area contributed by atoms with Gasteiger partial charge in [-0.05, 0) is 11.6 Å². The van der Waals surface area contributed by atoms with Crippen molar-refractivity contribution in [3.63, 3.8) is 0 Å². The maximum absolute atomic E-state index is 4.13. The molecule has 0 N–H and O–H groups in total. The second kappa shape index (κ2) is 3.03. The first-order chi connectivity index (χ1) is 5.92. The van der Waals surface area contributed by atoms with Crippen molar-refractivity contribution < 1.29 is 0 Å². The zero-order chi connectivity index (χ0) is 8.39. The van der Waals surface area contributed by atoms with E-state index in [9.17, 15) is 0 Å². The maximum Gasteiger partial charge on any atom is 0.170 e. The predicted molar refractivity (Wildman–Crippen MR) is 51.0 cm³/mol. The molecule has 0 fully saturated rings. The van der Waals surface area contributed by atoms with Crippen LogP contribution in [-0.2, 0) is 0 Å². The van der Waals surface area contributed by atoms with Gasteiger partial charge < -0.3 is 0 Å². The monoisotopic (exact) mass is 175 g/mol. The Kier molecular flexibility index (Phi) is 1.87. The molecule has 3 heteroatoms. The van der Waals surface area contributed by atoms with Crippen molar-refractivity contribution in [1.82, 2.24) is 9.97 Å². The van der Waals surface area contributed by atoms with Gasteiger partial charge in [0.05, 0.1) is 10.2 Å². The van der Waals surface area contributed by atoms with E-state index in [2.05, 4.69) is 16.5 Å². The lowest BCUT2D eigenvalue weighted by atomic mass is 10.2. The van der Waals surface area contributed by atoms with Crippen molar-refractivity contribution in [2.24, 2.45) is 0 Å². The number of hydrogen-bond acceptors (Lipinski definition) is 3.